The number of anilines is 1. The number of benzene rings is 3. The Morgan fingerprint density at radius 1 is 1.08 bits per heavy atom. The van der Waals surface area contributed by atoms with Crippen LogP contribution in [-0.4, -0.2) is 41.6 Å². The molecule has 0 atom stereocenters. The molecule has 3 aromatic carbocycles. The average molecular weight is 707 g/mol. The molecule has 1 fully saturated rings. The van der Waals surface area contributed by atoms with Gasteiger partial charge in [-0.05, 0) is 117 Å². The van der Waals surface area contributed by atoms with Crippen LogP contribution < -0.4 is 14.8 Å². The van der Waals surface area contributed by atoms with Crippen LogP contribution in [0.1, 0.15) is 21.5 Å². The summed E-state index contributed by atoms with van der Waals surface area (Å²) in [6, 6.07) is 17.3. The standard InChI is InChI=1S/C27H20BrIN2O6S/c1-15-3-5-17(6-4-15)26(34)37-24-20(28)11-16(12-21(24)36-2)13-22-25(33)31(27(35)38-22)14-23(32)30-19-9-7-18(29)8-10-19/h3-13H,14H2,1-2H3,(H,30,32)/b22-13-. The van der Waals surface area contributed by atoms with Crippen LogP contribution in [0.25, 0.3) is 6.08 Å². The van der Waals surface area contributed by atoms with Gasteiger partial charge in [-0.2, -0.15) is 0 Å². The van der Waals surface area contributed by atoms with E-state index in [1.807, 2.05) is 31.2 Å². The van der Waals surface area contributed by atoms with E-state index in [1.165, 1.54) is 13.2 Å². The minimum absolute atomic E-state index is 0.149. The van der Waals surface area contributed by atoms with Gasteiger partial charge in [-0.25, -0.2) is 4.79 Å². The van der Waals surface area contributed by atoms with Gasteiger partial charge >= 0.3 is 5.97 Å². The van der Waals surface area contributed by atoms with E-state index in [4.69, 9.17) is 9.47 Å². The van der Waals surface area contributed by atoms with Crippen molar-refractivity contribution in [2.45, 2.75) is 6.92 Å². The zero-order valence-corrected chi connectivity index (χ0v) is 24.7. The van der Waals surface area contributed by atoms with Gasteiger partial charge in [-0.1, -0.05) is 17.7 Å². The van der Waals surface area contributed by atoms with Gasteiger partial charge in [0, 0.05) is 9.26 Å². The van der Waals surface area contributed by atoms with Crippen LogP contribution in [0.3, 0.4) is 0 Å². The number of rotatable bonds is 7. The van der Waals surface area contributed by atoms with E-state index < -0.39 is 29.6 Å². The molecule has 3 amide bonds. The van der Waals surface area contributed by atoms with Crippen molar-refractivity contribution in [3.05, 3.63) is 90.3 Å². The maximum Gasteiger partial charge on any atom is 0.343 e. The van der Waals surface area contributed by atoms with Crippen molar-refractivity contribution in [1.82, 2.24) is 4.90 Å². The SMILES string of the molecule is COc1cc(/C=C2\SC(=O)N(CC(=O)Nc3ccc(I)cc3)C2=O)cc(Br)c1OC(=O)c1ccc(C)cc1. The molecular formula is C27H20BrIN2O6S. The number of hydrogen-bond donors (Lipinski definition) is 1. The Balaban J connectivity index is 1.49. The molecule has 1 aliphatic heterocycles. The minimum atomic E-state index is -0.581. The monoisotopic (exact) mass is 706 g/mol. The number of esters is 1. The molecule has 0 saturated carbocycles. The number of imide groups is 1. The summed E-state index contributed by atoms with van der Waals surface area (Å²) in [6.45, 7) is 1.51. The van der Waals surface area contributed by atoms with Crippen molar-refractivity contribution in [1.29, 1.82) is 0 Å². The van der Waals surface area contributed by atoms with E-state index in [0.29, 0.717) is 21.3 Å². The van der Waals surface area contributed by atoms with E-state index in [0.717, 1.165) is 25.8 Å². The fourth-order valence-electron chi connectivity index (χ4n) is 3.43. The van der Waals surface area contributed by atoms with E-state index in [-0.39, 0.29) is 16.4 Å². The molecule has 4 rings (SSSR count). The first-order chi connectivity index (χ1) is 18.1. The smallest absolute Gasteiger partial charge is 0.343 e. The molecule has 0 unspecified atom stereocenters. The van der Waals surface area contributed by atoms with Gasteiger partial charge in [0.2, 0.25) is 5.91 Å². The van der Waals surface area contributed by atoms with E-state index in [2.05, 4.69) is 43.8 Å². The molecule has 1 heterocycles. The number of carbonyl (C=O) groups excluding carboxylic acids is 4. The quantitative estimate of drug-likeness (QED) is 0.134. The molecule has 8 nitrogen and oxygen atoms in total. The molecule has 0 spiro atoms. The maximum atomic E-state index is 12.9. The summed E-state index contributed by atoms with van der Waals surface area (Å²) in [7, 11) is 1.43. The first-order valence-electron chi connectivity index (χ1n) is 11.1. The fourth-order valence-corrected chi connectivity index (χ4v) is 5.17. The average Bonchev–Trinajstić information content (AvgIpc) is 3.14. The second kappa shape index (κ2) is 12.1. The third-order valence-corrected chi connectivity index (χ3v) is 7.55. The lowest BCUT2D eigenvalue weighted by atomic mass is 10.1. The summed E-state index contributed by atoms with van der Waals surface area (Å²) in [4.78, 5) is 51.5. The summed E-state index contributed by atoms with van der Waals surface area (Å²) < 4.78 is 12.4. The summed E-state index contributed by atoms with van der Waals surface area (Å²) in [5.41, 5.74) is 2.49. The first-order valence-corrected chi connectivity index (χ1v) is 13.8. The molecule has 1 aliphatic rings. The molecule has 0 aliphatic carbocycles. The van der Waals surface area contributed by atoms with Gasteiger partial charge in [-0.15, -0.1) is 0 Å². The number of thioether (sulfide) groups is 1. The van der Waals surface area contributed by atoms with Crippen LogP contribution in [0.4, 0.5) is 10.5 Å². The highest BCUT2D eigenvalue weighted by Gasteiger charge is 2.36. The Bertz CT molecular complexity index is 1460. The molecule has 1 saturated heterocycles. The zero-order chi connectivity index (χ0) is 27.4. The highest BCUT2D eigenvalue weighted by molar-refractivity contribution is 14.1. The van der Waals surface area contributed by atoms with E-state index in [1.54, 1.807) is 36.4 Å². The van der Waals surface area contributed by atoms with Crippen LogP contribution in [-0.2, 0) is 9.59 Å². The summed E-state index contributed by atoms with van der Waals surface area (Å²) in [5.74, 6) is -1.19. The molecular weight excluding hydrogens is 687 g/mol. The number of ether oxygens (including phenoxy) is 2. The van der Waals surface area contributed by atoms with Crippen LogP contribution >= 0.6 is 50.3 Å². The van der Waals surface area contributed by atoms with Crippen LogP contribution in [0.15, 0.2) is 70.0 Å². The highest BCUT2D eigenvalue weighted by atomic mass is 127. The van der Waals surface area contributed by atoms with Crippen LogP contribution in [0, 0.1) is 10.5 Å². The zero-order valence-electron chi connectivity index (χ0n) is 20.1. The number of amides is 3. The summed E-state index contributed by atoms with van der Waals surface area (Å²) in [6.07, 6.45) is 1.51. The number of methoxy groups -OCH3 is 1. The normalized spacial score (nSPS) is 14.1. The van der Waals surface area contributed by atoms with Gasteiger partial charge in [0.1, 0.15) is 6.54 Å². The number of nitrogens with zero attached hydrogens (tertiary/aromatic N) is 1. The van der Waals surface area contributed by atoms with Crippen molar-refractivity contribution in [2.75, 3.05) is 19.0 Å². The highest BCUT2D eigenvalue weighted by Crippen LogP contribution is 2.39. The van der Waals surface area contributed by atoms with Crippen molar-refractivity contribution in [3.8, 4) is 11.5 Å². The number of nitrogens with one attached hydrogen (secondary N) is 1. The summed E-state index contributed by atoms with van der Waals surface area (Å²) >= 11 is 6.29. The molecule has 3 aromatic rings. The minimum Gasteiger partial charge on any atom is -0.493 e. The molecule has 1 N–H and O–H groups in total. The Hall–Kier alpha value is -3.16. The predicted octanol–water partition coefficient (Wildman–Crippen LogP) is 6.26. The summed E-state index contributed by atoms with van der Waals surface area (Å²) in [5, 5.41) is 2.13. The lowest BCUT2D eigenvalue weighted by Crippen LogP contribution is -2.36. The Kier molecular flexibility index (Phi) is 8.90. The fraction of sp³-hybridized carbons (Fsp3) is 0.111. The Labute approximate surface area is 245 Å². The van der Waals surface area contributed by atoms with Gasteiger partial charge in [0.05, 0.1) is 22.1 Å². The van der Waals surface area contributed by atoms with Crippen LogP contribution in [0.5, 0.6) is 11.5 Å². The maximum absolute atomic E-state index is 12.9. The van der Waals surface area contributed by atoms with Crippen molar-refractivity contribution < 1.29 is 28.7 Å². The second-order valence-corrected chi connectivity index (χ2v) is 11.2. The first kappa shape index (κ1) is 27.9. The number of halogens is 2. The molecule has 38 heavy (non-hydrogen) atoms. The van der Waals surface area contributed by atoms with E-state index >= 15 is 0 Å². The topological polar surface area (TPSA) is 102 Å². The number of hydrogen-bond acceptors (Lipinski definition) is 7. The third kappa shape index (κ3) is 6.63. The second-order valence-electron chi connectivity index (χ2n) is 8.11. The predicted molar refractivity (Wildman–Crippen MR) is 157 cm³/mol. The van der Waals surface area contributed by atoms with Crippen molar-refractivity contribution in [3.63, 3.8) is 0 Å². The molecule has 11 heteroatoms. The Morgan fingerprint density at radius 3 is 2.42 bits per heavy atom. The van der Waals surface area contributed by atoms with Crippen molar-refractivity contribution in [2.24, 2.45) is 0 Å². The molecule has 194 valence electrons. The molecule has 0 bridgehead atoms. The number of aryl methyl sites for hydroxylation is 1. The largest absolute Gasteiger partial charge is 0.493 e. The van der Waals surface area contributed by atoms with Gasteiger partial charge < -0.3 is 14.8 Å². The molecule has 0 radical (unpaired) electrons. The van der Waals surface area contributed by atoms with Gasteiger partial charge in [0.25, 0.3) is 11.1 Å². The molecule has 0 aromatic heterocycles. The number of carbonyl (C=O) groups is 4. The van der Waals surface area contributed by atoms with Crippen molar-refractivity contribution >= 4 is 85.1 Å². The Morgan fingerprint density at radius 2 is 1.76 bits per heavy atom. The third-order valence-electron chi connectivity index (χ3n) is 5.33. The lowest BCUT2D eigenvalue weighted by molar-refractivity contribution is -0.127. The lowest BCUT2D eigenvalue weighted by Gasteiger charge is -2.13. The van der Waals surface area contributed by atoms with Gasteiger partial charge in [0.15, 0.2) is 11.5 Å². The van der Waals surface area contributed by atoms with E-state index in [9.17, 15) is 19.2 Å². The van der Waals surface area contributed by atoms with Gasteiger partial charge in [-0.3, -0.25) is 19.3 Å². The van der Waals surface area contributed by atoms with Crippen LogP contribution in [0.2, 0.25) is 0 Å².